The minimum Gasteiger partial charge on any atom is -0.296 e. The maximum absolute atomic E-state index is 2.81. The lowest BCUT2D eigenvalue weighted by Crippen LogP contribution is -2.36. The third-order valence-corrected chi connectivity index (χ3v) is 10.0. The molecule has 3 aromatic carbocycles. The Morgan fingerprint density at radius 3 is 1.73 bits per heavy atom. The van der Waals surface area contributed by atoms with Gasteiger partial charge in [-0.05, 0) is 74.4 Å². The van der Waals surface area contributed by atoms with Gasteiger partial charge < -0.3 is 0 Å². The molecular weight excluding hydrogens is 381 g/mol. The minimum atomic E-state index is -0.355. The molecule has 0 aromatic heterocycles. The van der Waals surface area contributed by atoms with Crippen molar-refractivity contribution in [3.05, 3.63) is 96.6 Å². The maximum atomic E-state index is 2.81. The zero-order valence-corrected chi connectivity index (χ0v) is 18.6. The molecule has 2 aliphatic rings. The van der Waals surface area contributed by atoms with Crippen LogP contribution in [0.5, 0.6) is 0 Å². The van der Waals surface area contributed by atoms with E-state index in [-0.39, 0.29) is 7.92 Å². The van der Waals surface area contributed by atoms with Crippen molar-refractivity contribution in [3.63, 3.8) is 0 Å². The predicted molar refractivity (Wildman–Crippen MR) is 130 cm³/mol. The molecule has 5 rings (SSSR count). The summed E-state index contributed by atoms with van der Waals surface area (Å²) >= 11 is 0. The Morgan fingerprint density at radius 1 is 0.633 bits per heavy atom. The molecule has 0 N–H and O–H groups in total. The van der Waals surface area contributed by atoms with Crippen molar-refractivity contribution in [2.75, 3.05) is 13.1 Å². The number of hydrogen-bond acceptors (Lipinski definition) is 1. The highest BCUT2D eigenvalue weighted by atomic mass is 31.1. The Labute approximate surface area is 182 Å². The largest absolute Gasteiger partial charge is 0.296 e. The lowest BCUT2D eigenvalue weighted by atomic mass is 9.90. The molecule has 0 spiro atoms. The second kappa shape index (κ2) is 9.46. The molecule has 154 valence electrons. The quantitative estimate of drug-likeness (QED) is 0.440. The van der Waals surface area contributed by atoms with Crippen molar-refractivity contribution in [2.45, 2.75) is 43.8 Å². The molecule has 0 bridgehead atoms. The van der Waals surface area contributed by atoms with Crippen LogP contribution >= 0.6 is 7.92 Å². The molecule has 1 saturated carbocycles. The first-order valence-corrected chi connectivity index (χ1v) is 13.0. The Morgan fingerprint density at radius 2 is 1.17 bits per heavy atom. The topological polar surface area (TPSA) is 3.24 Å². The highest BCUT2D eigenvalue weighted by molar-refractivity contribution is 7.73. The highest BCUT2D eigenvalue weighted by Gasteiger charge is 2.42. The molecular formula is C28H32NP. The van der Waals surface area contributed by atoms with Crippen LogP contribution in [0.15, 0.2) is 91.0 Å². The first-order valence-electron chi connectivity index (χ1n) is 11.6. The molecule has 3 atom stereocenters. The zero-order chi connectivity index (χ0) is 20.2. The summed E-state index contributed by atoms with van der Waals surface area (Å²) < 4.78 is 0. The maximum Gasteiger partial charge on any atom is 0.0382 e. The van der Waals surface area contributed by atoms with Gasteiger partial charge in [-0.1, -0.05) is 97.4 Å². The smallest absolute Gasteiger partial charge is 0.0382 e. The van der Waals surface area contributed by atoms with Gasteiger partial charge in [0.1, 0.15) is 0 Å². The van der Waals surface area contributed by atoms with Gasteiger partial charge in [0.15, 0.2) is 0 Å². The second-order valence-electron chi connectivity index (χ2n) is 8.80. The van der Waals surface area contributed by atoms with E-state index in [0.29, 0.717) is 6.04 Å². The van der Waals surface area contributed by atoms with Crippen LogP contribution in [0.4, 0.5) is 0 Å². The summed E-state index contributed by atoms with van der Waals surface area (Å²) in [5.41, 5.74) is 2.28. The molecule has 1 nitrogen and oxygen atoms in total. The predicted octanol–water partition coefficient (Wildman–Crippen LogP) is 6.13. The lowest BCUT2D eigenvalue weighted by molar-refractivity contribution is 0.178. The summed E-state index contributed by atoms with van der Waals surface area (Å²) in [6.45, 7) is 2.52. The van der Waals surface area contributed by atoms with E-state index in [1.807, 2.05) is 0 Å². The van der Waals surface area contributed by atoms with E-state index in [9.17, 15) is 0 Å². The van der Waals surface area contributed by atoms with Crippen LogP contribution in [0.1, 0.15) is 43.7 Å². The van der Waals surface area contributed by atoms with E-state index in [4.69, 9.17) is 0 Å². The molecule has 2 fully saturated rings. The van der Waals surface area contributed by atoms with Crippen molar-refractivity contribution in [3.8, 4) is 0 Å². The molecule has 1 aliphatic heterocycles. The van der Waals surface area contributed by atoms with Crippen LogP contribution in [-0.2, 0) is 0 Å². The molecule has 30 heavy (non-hydrogen) atoms. The number of hydrogen-bond donors (Lipinski definition) is 0. The number of nitrogens with zero attached hydrogens (tertiary/aromatic N) is 1. The SMILES string of the molecule is c1ccc([C@H](C2CCCC2P(c2ccccc2)c2ccccc2)N2CCCC2)cc1. The molecule has 0 radical (unpaired) electrons. The van der Waals surface area contributed by atoms with E-state index in [1.165, 1.54) is 50.8 Å². The van der Waals surface area contributed by atoms with Gasteiger partial charge in [0.2, 0.25) is 0 Å². The van der Waals surface area contributed by atoms with Crippen molar-refractivity contribution in [1.82, 2.24) is 4.90 Å². The van der Waals surface area contributed by atoms with E-state index in [2.05, 4.69) is 95.9 Å². The summed E-state index contributed by atoms with van der Waals surface area (Å²) in [5.74, 6) is 0.733. The van der Waals surface area contributed by atoms with Crippen LogP contribution in [0, 0.1) is 5.92 Å². The number of benzene rings is 3. The average Bonchev–Trinajstić information content (AvgIpc) is 3.50. The molecule has 3 aromatic rings. The third-order valence-electron chi connectivity index (χ3n) is 7.01. The van der Waals surface area contributed by atoms with Crippen molar-refractivity contribution >= 4 is 18.5 Å². The number of likely N-dealkylation sites (tertiary alicyclic amines) is 1. The first kappa shape index (κ1) is 20.0. The standard InChI is InChI=1S/C28H32NP/c1-4-13-23(14-5-1)28(29-21-10-11-22-29)26-19-12-20-27(26)30(24-15-6-2-7-16-24)25-17-8-3-9-18-25/h1-9,13-18,26-28H,10-12,19-22H2/t26?,27?,28-/m1/s1. The highest BCUT2D eigenvalue weighted by Crippen LogP contribution is 2.54. The summed E-state index contributed by atoms with van der Waals surface area (Å²) in [6, 6.07) is 34.7. The van der Waals surface area contributed by atoms with Gasteiger partial charge in [-0.15, -0.1) is 0 Å². The van der Waals surface area contributed by atoms with E-state index in [0.717, 1.165) is 11.6 Å². The molecule has 2 heteroatoms. The van der Waals surface area contributed by atoms with Gasteiger partial charge >= 0.3 is 0 Å². The molecule has 0 amide bonds. The van der Waals surface area contributed by atoms with Gasteiger partial charge in [0.25, 0.3) is 0 Å². The fourth-order valence-corrected chi connectivity index (χ4v) is 8.95. The minimum absolute atomic E-state index is 0.355. The summed E-state index contributed by atoms with van der Waals surface area (Å²) in [6.07, 6.45) is 6.79. The van der Waals surface area contributed by atoms with Gasteiger partial charge in [-0.2, -0.15) is 0 Å². The fourth-order valence-electron chi connectivity index (χ4n) is 5.77. The Balaban J connectivity index is 1.55. The lowest BCUT2D eigenvalue weighted by Gasteiger charge is -2.39. The van der Waals surface area contributed by atoms with Crippen LogP contribution in [-0.4, -0.2) is 23.6 Å². The van der Waals surface area contributed by atoms with Crippen LogP contribution < -0.4 is 10.6 Å². The summed E-state index contributed by atoms with van der Waals surface area (Å²) in [7, 11) is -0.355. The van der Waals surface area contributed by atoms with Crippen LogP contribution in [0.3, 0.4) is 0 Å². The van der Waals surface area contributed by atoms with Crippen molar-refractivity contribution < 1.29 is 0 Å². The van der Waals surface area contributed by atoms with Crippen LogP contribution in [0.25, 0.3) is 0 Å². The van der Waals surface area contributed by atoms with E-state index in [1.54, 1.807) is 10.6 Å². The second-order valence-corrected chi connectivity index (χ2v) is 11.2. The normalized spacial score (nSPS) is 23.1. The molecule has 1 heterocycles. The molecule has 1 aliphatic carbocycles. The van der Waals surface area contributed by atoms with E-state index >= 15 is 0 Å². The van der Waals surface area contributed by atoms with Gasteiger partial charge in [0.05, 0.1) is 0 Å². The van der Waals surface area contributed by atoms with E-state index < -0.39 is 0 Å². The summed E-state index contributed by atoms with van der Waals surface area (Å²) in [4.78, 5) is 2.81. The molecule has 1 saturated heterocycles. The Kier molecular flexibility index (Phi) is 6.30. The number of rotatable bonds is 6. The van der Waals surface area contributed by atoms with Gasteiger partial charge in [0, 0.05) is 6.04 Å². The third kappa shape index (κ3) is 4.11. The van der Waals surface area contributed by atoms with Crippen molar-refractivity contribution in [2.24, 2.45) is 5.92 Å². The van der Waals surface area contributed by atoms with Crippen LogP contribution in [0.2, 0.25) is 0 Å². The average molecular weight is 414 g/mol. The van der Waals surface area contributed by atoms with Gasteiger partial charge in [-0.25, -0.2) is 0 Å². The summed E-state index contributed by atoms with van der Waals surface area (Å²) in [5, 5.41) is 3.09. The van der Waals surface area contributed by atoms with Crippen molar-refractivity contribution in [1.29, 1.82) is 0 Å². The fraction of sp³-hybridized carbons (Fsp3) is 0.357. The zero-order valence-electron chi connectivity index (χ0n) is 17.7. The Hall–Kier alpha value is -1.95. The first-order chi connectivity index (χ1) is 14.9. The monoisotopic (exact) mass is 413 g/mol. The Bertz CT molecular complexity index is 866. The van der Waals surface area contributed by atoms with Gasteiger partial charge in [-0.3, -0.25) is 4.90 Å². The molecule has 2 unspecified atom stereocenters.